The Morgan fingerprint density at radius 1 is 1.30 bits per heavy atom. The van der Waals surface area contributed by atoms with Crippen LogP contribution in [-0.4, -0.2) is 59.9 Å². The van der Waals surface area contributed by atoms with Crippen LogP contribution in [0, 0.1) is 11.8 Å². The SMILES string of the molecule is CCCOCCC(CNCCOC)C1CCS(=O)(=O)C1. The third-order valence-corrected chi connectivity index (χ3v) is 5.60. The van der Waals surface area contributed by atoms with Crippen LogP contribution in [0.4, 0.5) is 0 Å². The van der Waals surface area contributed by atoms with Gasteiger partial charge in [0.2, 0.25) is 0 Å². The van der Waals surface area contributed by atoms with Gasteiger partial charge in [0, 0.05) is 26.9 Å². The van der Waals surface area contributed by atoms with Gasteiger partial charge in [-0.3, -0.25) is 0 Å². The average molecular weight is 307 g/mol. The fraction of sp³-hybridized carbons (Fsp3) is 1.00. The maximum Gasteiger partial charge on any atom is 0.150 e. The highest BCUT2D eigenvalue weighted by Gasteiger charge is 2.33. The summed E-state index contributed by atoms with van der Waals surface area (Å²) in [6.45, 7) is 5.93. The lowest BCUT2D eigenvalue weighted by molar-refractivity contribution is 0.111. The quantitative estimate of drug-likeness (QED) is 0.579. The molecular formula is C14H29NO4S. The van der Waals surface area contributed by atoms with Gasteiger partial charge in [-0.15, -0.1) is 0 Å². The summed E-state index contributed by atoms with van der Waals surface area (Å²) in [6.07, 6.45) is 2.75. The summed E-state index contributed by atoms with van der Waals surface area (Å²) < 4.78 is 33.8. The van der Waals surface area contributed by atoms with Gasteiger partial charge in [-0.2, -0.15) is 0 Å². The van der Waals surface area contributed by atoms with Crippen molar-refractivity contribution in [2.24, 2.45) is 11.8 Å². The Labute approximate surface area is 123 Å². The number of hydrogen-bond acceptors (Lipinski definition) is 5. The Morgan fingerprint density at radius 3 is 2.70 bits per heavy atom. The Kier molecular flexibility index (Phi) is 8.68. The molecule has 6 heteroatoms. The van der Waals surface area contributed by atoms with Gasteiger partial charge in [-0.05, 0) is 37.6 Å². The Morgan fingerprint density at radius 2 is 2.10 bits per heavy atom. The van der Waals surface area contributed by atoms with Crippen molar-refractivity contribution in [3.63, 3.8) is 0 Å². The predicted molar refractivity (Wildman–Crippen MR) is 80.7 cm³/mol. The standard InChI is InChI=1S/C14H29NO4S/c1-3-7-19-8-4-13(11-15-6-9-18-2)14-5-10-20(16,17)12-14/h13-15H,3-12H2,1-2H3. The van der Waals surface area contributed by atoms with Gasteiger partial charge >= 0.3 is 0 Å². The molecule has 0 aromatic heterocycles. The van der Waals surface area contributed by atoms with Gasteiger partial charge in [0.25, 0.3) is 0 Å². The van der Waals surface area contributed by atoms with Crippen LogP contribution in [0.2, 0.25) is 0 Å². The van der Waals surface area contributed by atoms with E-state index in [-0.39, 0.29) is 5.92 Å². The lowest BCUT2D eigenvalue weighted by Gasteiger charge is -2.23. The number of hydrogen-bond donors (Lipinski definition) is 1. The fourth-order valence-corrected chi connectivity index (χ4v) is 4.56. The molecule has 0 aliphatic carbocycles. The van der Waals surface area contributed by atoms with Gasteiger partial charge in [-0.1, -0.05) is 6.92 Å². The van der Waals surface area contributed by atoms with E-state index in [9.17, 15) is 8.42 Å². The molecule has 120 valence electrons. The van der Waals surface area contributed by atoms with Crippen LogP contribution in [0.5, 0.6) is 0 Å². The first-order valence-corrected chi connectivity index (χ1v) is 9.39. The molecule has 1 fully saturated rings. The second-order valence-corrected chi connectivity index (χ2v) is 7.75. The van der Waals surface area contributed by atoms with Crippen molar-refractivity contribution in [2.45, 2.75) is 26.2 Å². The highest BCUT2D eigenvalue weighted by Crippen LogP contribution is 2.28. The lowest BCUT2D eigenvalue weighted by atomic mass is 9.89. The van der Waals surface area contributed by atoms with Gasteiger partial charge in [-0.25, -0.2) is 8.42 Å². The number of rotatable bonds is 11. The smallest absolute Gasteiger partial charge is 0.150 e. The van der Waals surface area contributed by atoms with E-state index in [1.54, 1.807) is 7.11 Å². The molecular weight excluding hydrogens is 278 g/mol. The first-order valence-electron chi connectivity index (χ1n) is 7.57. The predicted octanol–water partition coefficient (Wildman–Crippen LogP) is 1.09. The number of nitrogens with one attached hydrogen (secondary N) is 1. The molecule has 5 nitrogen and oxygen atoms in total. The van der Waals surface area contributed by atoms with Crippen molar-refractivity contribution in [1.29, 1.82) is 0 Å². The van der Waals surface area contributed by atoms with Crippen LogP contribution in [-0.2, 0) is 19.3 Å². The van der Waals surface area contributed by atoms with E-state index in [4.69, 9.17) is 9.47 Å². The van der Waals surface area contributed by atoms with Crippen LogP contribution in [0.1, 0.15) is 26.2 Å². The van der Waals surface area contributed by atoms with Gasteiger partial charge in [0.15, 0.2) is 9.84 Å². The number of methoxy groups -OCH3 is 1. The van der Waals surface area contributed by atoms with Crippen LogP contribution in [0.25, 0.3) is 0 Å². The summed E-state index contributed by atoms with van der Waals surface area (Å²) in [6, 6.07) is 0. The highest BCUT2D eigenvalue weighted by molar-refractivity contribution is 7.91. The van der Waals surface area contributed by atoms with Crippen molar-refractivity contribution in [2.75, 3.05) is 51.5 Å². The van der Waals surface area contributed by atoms with Crippen molar-refractivity contribution in [3.05, 3.63) is 0 Å². The largest absolute Gasteiger partial charge is 0.383 e. The van der Waals surface area contributed by atoms with E-state index < -0.39 is 9.84 Å². The molecule has 0 spiro atoms. The first kappa shape index (κ1) is 17.9. The van der Waals surface area contributed by atoms with E-state index in [1.807, 2.05) is 0 Å². The second-order valence-electron chi connectivity index (χ2n) is 5.52. The number of sulfone groups is 1. The van der Waals surface area contributed by atoms with E-state index in [1.165, 1.54) is 0 Å². The molecule has 1 saturated heterocycles. The molecule has 1 aliphatic rings. The minimum absolute atomic E-state index is 0.278. The van der Waals surface area contributed by atoms with Gasteiger partial charge in [0.1, 0.15) is 0 Å². The fourth-order valence-electron chi connectivity index (χ4n) is 2.64. The molecule has 1 N–H and O–H groups in total. The van der Waals surface area contributed by atoms with Crippen molar-refractivity contribution in [1.82, 2.24) is 5.32 Å². The molecule has 1 rings (SSSR count). The van der Waals surface area contributed by atoms with E-state index in [2.05, 4.69) is 12.2 Å². The molecule has 1 heterocycles. The van der Waals surface area contributed by atoms with E-state index in [0.717, 1.165) is 45.6 Å². The molecule has 0 amide bonds. The lowest BCUT2D eigenvalue weighted by Crippen LogP contribution is -2.32. The molecule has 2 atom stereocenters. The number of ether oxygens (including phenoxy) is 2. The van der Waals surface area contributed by atoms with Crippen LogP contribution < -0.4 is 5.32 Å². The summed E-state index contributed by atoms with van der Waals surface area (Å²) in [4.78, 5) is 0. The topological polar surface area (TPSA) is 64.6 Å². The molecule has 0 bridgehead atoms. The third kappa shape index (κ3) is 7.02. The normalized spacial score (nSPS) is 23.0. The average Bonchev–Trinajstić information content (AvgIpc) is 2.77. The maximum atomic E-state index is 11.6. The Balaban J connectivity index is 2.37. The third-order valence-electron chi connectivity index (χ3n) is 3.81. The first-order chi connectivity index (χ1) is 9.59. The molecule has 20 heavy (non-hydrogen) atoms. The molecule has 0 radical (unpaired) electrons. The summed E-state index contributed by atoms with van der Waals surface area (Å²) in [7, 11) is -1.12. The van der Waals surface area contributed by atoms with Crippen LogP contribution in [0.15, 0.2) is 0 Å². The zero-order chi connectivity index (χ0) is 14.8. The molecule has 2 unspecified atom stereocenters. The summed E-state index contributed by atoms with van der Waals surface area (Å²) >= 11 is 0. The van der Waals surface area contributed by atoms with Crippen molar-refractivity contribution in [3.8, 4) is 0 Å². The molecule has 0 aromatic carbocycles. The monoisotopic (exact) mass is 307 g/mol. The minimum Gasteiger partial charge on any atom is -0.383 e. The summed E-state index contributed by atoms with van der Waals surface area (Å²) in [5.41, 5.74) is 0. The zero-order valence-corrected chi connectivity index (χ0v) is 13.6. The highest BCUT2D eigenvalue weighted by atomic mass is 32.2. The second kappa shape index (κ2) is 9.71. The van der Waals surface area contributed by atoms with E-state index in [0.29, 0.717) is 24.0 Å². The zero-order valence-electron chi connectivity index (χ0n) is 12.8. The summed E-state index contributed by atoms with van der Waals surface area (Å²) in [5.74, 6) is 1.35. The summed E-state index contributed by atoms with van der Waals surface area (Å²) in [5, 5.41) is 3.36. The van der Waals surface area contributed by atoms with Crippen molar-refractivity contribution < 1.29 is 17.9 Å². The van der Waals surface area contributed by atoms with Crippen LogP contribution >= 0.6 is 0 Å². The van der Waals surface area contributed by atoms with E-state index >= 15 is 0 Å². The molecule has 1 aliphatic heterocycles. The minimum atomic E-state index is -2.80. The molecule has 0 aromatic rings. The Hall–Kier alpha value is -0.170. The maximum absolute atomic E-state index is 11.6. The van der Waals surface area contributed by atoms with Gasteiger partial charge < -0.3 is 14.8 Å². The molecule has 0 saturated carbocycles. The van der Waals surface area contributed by atoms with Gasteiger partial charge in [0.05, 0.1) is 18.1 Å². The Bertz CT molecular complexity index is 333. The van der Waals surface area contributed by atoms with Crippen molar-refractivity contribution >= 4 is 9.84 Å². The van der Waals surface area contributed by atoms with Crippen LogP contribution in [0.3, 0.4) is 0 Å².